The van der Waals surface area contributed by atoms with Crippen LogP contribution < -0.4 is 5.32 Å². The van der Waals surface area contributed by atoms with Crippen molar-refractivity contribution in [2.75, 3.05) is 11.9 Å². The maximum Gasteiger partial charge on any atom is 0.254 e. The van der Waals surface area contributed by atoms with Gasteiger partial charge >= 0.3 is 0 Å². The highest BCUT2D eigenvalue weighted by Crippen LogP contribution is 2.55. The van der Waals surface area contributed by atoms with Crippen LogP contribution >= 0.6 is 11.8 Å². The number of likely N-dealkylation sites (tertiary alicyclic amines) is 1. The van der Waals surface area contributed by atoms with Gasteiger partial charge in [-0.3, -0.25) is 9.59 Å². The molecule has 2 N–H and O–H groups in total. The maximum absolute atomic E-state index is 14.2. The quantitative estimate of drug-likeness (QED) is 0.346. The number of nitrogens with zero attached hydrogens (tertiary/aromatic N) is 1. The molecular weight excluding hydrogens is 470 g/mol. The Balaban J connectivity index is 1.37. The van der Waals surface area contributed by atoms with Gasteiger partial charge in [0.05, 0.1) is 5.69 Å². The first-order valence-corrected chi connectivity index (χ1v) is 12.4. The van der Waals surface area contributed by atoms with Gasteiger partial charge in [0.15, 0.2) is 11.6 Å². The molecule has 1 heterocycles. The predicted octanol–water partition coefficient (Wildman–Crippen LogP) is 5.60. The van der Waals surface area contributed by atoms with E-state index in [4.69, 9.17) is 0 Å². The molecule has 5 rings (SSSR count). The van der Waals surface area contributed by atoms with Crippen molar-refractivity contribution < 1.29 is 23.5 Å². The number of halogens is 2. The minimum Gasteiger partial charge on any atom is -0.505 e. The number of nitrogens with one attached hydrogen (secondary N) is 1. The van der Waals surface area contributed by atoms with E-state index in [2.05, 4.69) is 5.32 Å². The summed E-state index contributed by atoms with van der Waals surface area (Å²) in [5.74, 6) is -3.80. The fourth-order valence-electron chi connectivity index (χ4n) is 4.58. The van der Waals surface area contributed by atoms with E-state index in [1.165, 1.54) is 0 Å². The molecule has 8 heteroatoms. The Kier molecular flexibility index (Phi) is 6.23. The topological polar surface area (TPSA) is 69.6 Å². The number of carbonyl (C=O) groups excluding carboxylic acids is 2. The third-order valence-electron chi connectivity index (χ3n) is 6.73. The summed E-state index contributed by atoms with van der Waals surface area (Å²) in [6.45, 7) is 0.455. The molecule has 0 radical (unpaired) electrons. The smallest absolute Gasteiger partial charge is 0.254 e. The number of thioether (sulfide) groups is 1. The number of hydrogen-bond acceptors (Lipinski definition) is 4. The third-order valence-corrected chi connectivity index (χ3v) is 7.79. The largest absolute Gasteiger partial charge is 0.505 e. The molecule has 0 aromatic heterocycles. The van der Waals surface area contributed by atoms with Crippen LogP contribution in [0.1, 0.15) is 35.2 Å². The molecule has 2 aliphatic rings. The van der Waals surface area contributed by atoms with Crippen molar-refractivity contribution in [2.45, 2.75) is 36.0 Å². The first kappa shape index (κ1) is 23.4. The summed E-state index contributed by atoms with van der Waals surface area (Å²) in [4.78, 5) is 29.5. The second-order valence-corrected chi connectivity index (χ2v) is 10.2. The van der Waals surface area contributed by atoms with Crippen molar-refractivity contribution in [3.63, 3.8) is 0 Å². The van der Waals surface area contributed by atoms with E-state index in [0.29, 0.717) is 24.3 Å². The fraction of sp³-hybridized carbons (Fsp3) is 0.259. The summed E-state index contributed by atoms with van der Waals surface area (Å²) in [7, 11) is 0. The van der Waals surface area contributed by atoms with Crippen molar-refractivity contribution in [3.8, 4) is 5.75 Å². The first-order chi connectivity index (χ1) is 16.9. The summed E-state index contributed by atoms with van der Waals surface area (Å²) in [5.41, 5.74) is 0.945. The lowest BCUT2D eigenvalue weighted by atomic mass is 10.0. The van der Waals surface area contributed by atoms with Crippen LogP contribution in [0.4, 0.5) is 14.5 Å². The minimum atomic E-state index is -1.43. The standard InChI is InChI=1S/C27H24F2N2O3S/c28-23-20(10-11-22(32)24(23)29)30-25(33)21-14-27(12-13-27)16-31(21)26(34)19-9-5-4-6-17(19)15-35-18-7-2-1-3-8-18/h1-11,21,32H,12-16H2,(H,30,33)/t21-/m0/s1. The number of hydrogen-bond donors (Lipinski definition) is 2. The Morgan fingerprint density at radius 3 is 2.46 bits per heavy atom. The second-order valence-electron chi connectivity index (χ2n) is 9.16. The molecule has 1 spiro atoms. The Morgan fingerprint density at radius 2 is 1.71 bits per heavy atom. The lowest BCUT2D eigenvalue weighted by molar-refractivity contribution is -0.119. The SMILES string of the molecule is O=C(Nc1ccc(O)c(F)c1F)[C@@H]1CC2(CC2)CN1C(=O)c1ccccc1CSc1ccccc1. The number of aromatic hydroxyl groups is 1. The first-order valence-electron chi connectivity index (χ1n) is 11.4. The van der Waals surface area contributed by atoms with Crippen molar-refractivity contribution in [1.29, 1.82) is 0 Å². The predicted molar refractivity (Wildman–Crippen MR) is 130 cm³/mol. The molecule has 1 saturated heterocycles. The van der Waals surface area contributed by atoms with E-state index in [9.17, 15) is 23.5 Å². The van der Waals surface area contributed by atoms with E-state index in [1.807, 2.05) is 42.5 Å². The van der Waals surface area contributed by atoms with Gasteiger partial charge in [0.1, 0.15) is 6.04 Å². The third kappa shape index (κ3) is 4.75. The van der Waals surface area contributed by atoms with E-state index >= 15 is 0 Å². The zero-order valence-electron chi connectivity index (χ0n) is 18.8. The number of rotatable bonds is 6. The molecular formula is C27H24F2N2O3S. The zero-order valence-corrected chi connectivity index (χ0v) is 19.7. The number of amides is 2. The second kappa shape index (κ2) is 9.34. The van der Waals surface area contributed by atoms with E-state index in [0.717, 1.165) is 35.4 Å². The lowest BCUT2D eigenvalue weighted by Gasteiger charge is -2.25. The molecule has 1 aliphatic carbocycles. The normalized spacial score (nSPS) is 18.0. The van der Waals surface area contributed by atoms with Crippen LogP contribution in [0.3, 0.4) is 0 Å². The number of carbonyl (C=O) groups is 2. The zero-order chi connectivity index (χ0) is 24.6. The van der Waals surface area contributed by atoms with Gasteiger partial charge in [-0.15, -0.1) is 11.8 Å². The summed E-state index contributed by atoms with van der Waals surface area (Å²) >= 11 is 1.63. The molecule has 2 fully saturated rings. The maximum atomic E-state index is 14.2. The van der Waals surface area contributed by atoms with Crippen LogP contribution in [0.15, 0.2) is 71.6 Å². The Morgan fingerprint density at radius 1 is 1.00 bits per heavy atom. The molecule has 2 amide bonds. The summed E-state index contributed by atoms with van der Waals surface area (Å²) in [5, 5.41) is 11.8. The van der Waals surface area contributed by atoms with Gasteiger partial charge in [-0.05, 0) is 60.6 Å². The van der Waals surface area contributed by atoms with Crippen LogP contribution in [0.25, 0.3) is 0 Å². The van der Waals surface area contributed by atoms with Gasteiger partial charge in [-0.1, -0.05) is 36.4 Å². The molecule has 180 valence electrons. The number of anilines is 1. The number of phenols is 1. The molecule has 5 nitrogen and oxygen atoms in total. The van der Waals surface area contributed by atoms with Crippen molar-refractivity contribution in [1.82, 2.24) is 4.90 Å². The van der Waals surface area contributed by atoms with Gasteiger partial charge in [-0.2, -0.15) is 4.39 Å². The van der Waals surface area contributed by atoms with Crippen molar-refractivity contribution >= 4 is 29.3 Å². The summed E-state index contributed by atoms with van der Waals surface area (Å²) in [6.07, 6.45) is 2.33. The van der Waals surface area contributed by atoms with Gasteiger partial charge in [0.25, 0.3) is 5.91 Å². The minimum absolute atomic E-state index is 0.0931. The van der Waals surface area contributed by atoms with E-state index < -0.39 is 29.3 Å². The van der Waals surface area contributed by atoms with Crippen LogP contribution in [0.5, 0.6) is 5.75 Å². The van der Waals surface area contributed by atoms with Gasteiger partial charge in [0.2, 0.25) is 11.7 Å². The Hall–Kier alpha value is -3.39. The van der Waals surface area contributed by atoms with Crippen LogP contribution in [-0.2, 0) is 10.5 Å². The summed E-state index contributed by atoms with van der Waals surface area (Å²) in [6, 6.07) is 18.6. The fourth-order valence-corrected chi connectivity index (χ4v) is 5.51. The van der Waals surface area contributed by atoms with Gasteiger partial charge in [0, 0.05) is 22.8 Å². The molecule has 35 heavy (non-hydrogen) atoms. The molecule has 3 aromatic carbocycles. The molecule has 1 atom stereocenters. The van der Waals surface area contributed by atoms with Crippen LogP contribution in [-0.4, -0.2) is 34.4 Å². The highest BCUT2D eigenvalue weighted by Gasteiger charge is 2.55. The average molecular weight is 495 g/mol. The molecule has 1 aliphatic heterocycles. The van der Waals surface area contributed by atoms with Crippen molar-refractivity contribution in [2.24, 2.45) is 5.41 Å². The molecule has 0 unspecified atom stereocenters. The Labute approximate surface area is 206 Å². The number of phenolic OH excluding ortho intramolecular Hbond substituents is 1. The highest BCUT2D eigenvalue weighted by molar-refractivity contribution is 7.98. The lowest BCUT2D eigenvalue weighted by Crippen LogP contribution is -2.43. The van der Waals surface area contributed by atoms with Gasteiger partial charge < -0.3 is 15.3 Å². The molecule has 3 aromatic rings. The van der Waals surface area contributed by atoms with Gasteiger partial charge in [-0.25, -0.2) is 4.39 Å². The Bertz CT molecular complexity index is 1280. The van der Waals surface area contributed by atoms with Crippen molar-refractivity contribution in [3.05, 3.63) is 89.5 Å². The van der Waals surface area contributed by atoms with Crippen LogP contribution in [0, 0.1) is 17.0 Å². The highest BCUT2D eigenvalue weighted by atomic mass is 32.2. The van der Waals surface area contributed by atoms with Crippen LogP contribution in [0.2, 0.25) is 0 Å². The monoisotopic (exact) mass is 494 g/mol. The van der Waals surface area contributed by atoms with E-state index in [-0.39, 0.29) is 17.0 Å². The summed E-state index contributed by atoms with van der Waals surface area (Å²) < 4.78 is 28.0. The number of benzene rings is 3. The molecule has 1 saturated carbocycles. The molecule has 0 bridgehead atoms. The van der Waals surface area contributed by atoms with E-state index in [1.54, 1.807) is 28.8 Å². The average Bonchev–Trinajstić information content (AvgIpc) is 3.53.